The molecule has 4 nitrogen and oxygen atoms in total. The summed E-state index contributed by atoms with van der Waals surface area (Å²) in [7, 11) is -2.77. The van der Waals surface area contributed by atoms with Crippen molar-refractivity contribution in [2.75, 3.05) is 0 Å². The summed E-state index contributed by atoms with van der Waals surface area (Å²) in [6.07, 6.45) is 0. The maximum atomic E-state index is 5.49. The van der Waals surface area contributed by atoms with Crippen LogP contribution in [0.1, 0.15) is 0 Å². The van der Waals surface area contributed by atoms with Crippen LogP contribution in [-0.2, 0) is 0 Å². The molecule has 3 aromatic heterocycles. The fourth-order valence-electron chi connectivity index (χ4n) is 10.6. The van der Waals surface area contributed by atoms with Gasteiger partial charge in [0.15, 0.2) is 25.5 Å². The van der Waals surface area contributed by atoms with E-state index in [0.717, 1.165) is 44.5 Å². The molecule has 0 bridgehead atoms. The number of fused-ring (bicyclic) bond motifs is 6. The molecule has 0 N–H and O–H groups in total. The predicted octanol–water partition coefficient (Wildman–Crippen LogP) is 13.4. The highest BCUT2D eigenvalue weighted by molar-refractivity contribution is 7.26. The van der Waals surface area contributed by atoms with E-state index in [1.165, 1.54) is 51.7 Å². The monoisotopic (exact) mass is 914 g/mol. The first-order valence-electron chi connectivity index (χ1n) is 23.4. The molecule has 0 unspecified atom stereocenters. The third-order valence-electron chi connectivity index (χ3n) is 13.7. The lowest BCUT2D eigenvalue weighted by Crippen LogP contribution is -2.74. The van der Waals surface area contributed by atoms with Crippen LogP contribution in [0, 0.1) is 0 Å². The Balaban J connectivity index is 1.04. The number of nitrogens with zero attached hydrogens (tertiary/aromatic N) is 4. The largest absolute Gasteiger partial charge is 0.309 e. The van der Waals surface area contributed by atoms with E-state index in [4.69, 9.17) is 15.0 Å². The minimum absolute atomic E-state index is 0.605. The second-order valence-corrected chi connectivity index (χ2v) is 22.3. The molecule has 6 heteroatoms. The van der Waals surface area contributed by atoms with Crippen molar-refractivity contribution in [3.63, 3.8) is 0 Å². The van der Waals surface area contributed by atoms with Gasteiger partial charge in [-0.05, 0) is 56.6 Å². The van der Waals surface area contributed by atoms with Gasteiger partial charge in [0.25, 0.3) is 0 Å². The normalized spacial score (nSPS) is 11.8. The van der Waals surface area contributed by atoms with Gasteiger partial charge in [0.05, 0.1) is 16.7 Å². The second kappa shape index (κ2) is 17.0. The molecule has 0 spiro atoms. The summed E-state index contributed by atoms with van der Waals surface area (Å²) in [5.41, 5.74) is 8.27. The Hall–Kier alpha value is -8.55. The first-order chi connectivity index (χ1) is 34.2. The van der Waals surface area contributed by atoms with Crippen LogP contribution < -0.4 is 20.7 Å². The molecule has 69 heavy (non-hydrogen) atoms. The molecule has 0 saturated heterocycles. The Labute approximate surface area is 405 Å². The molecule has 0 saturated carbocycles. The Morgan fingerprint density at radius 2 is 0.739 bits per heavy atom. The van der Waals surface area contributed by atoms with Crippen molar-refractivity contribution in [3.8, 4) is 51.0 Å². The van der Waals surface area contributed by atoms with Gasteiger partial charge >= 0.3 is 0 Å². The Bertz CT molecular complexity index is 3860. The Morgan fingerprint density at radius 1 is 0.304 bits per heavy atom. The number of hydrogen-bond acceptors (Lipinski definition) is 4. The van der Waals surface area contributed by atoms with E-state index < -0.39 is 8.07 Å². The van der Waals surface area contributed by atoms with Gasteiger partial charge in [-0.3, -0.25) is 0 Å². The summed E-state index contributed by atoms with van der Waals surface area (Å²) in [6, 6.07) is 91.9. The molecule has 0 aliphatic carbocycles. The first kappa shape index (κ1) is 40.7. The van der Waals surface area contributed by atoms with E-state index in [-0.39, 0.29) is 0 Å². The summed E-state index contributed by atoms with van der Waals surface area (Å²) in [4.78, 5) is 16.4. The summed E-state index contributed by atoms with van der Waals surface area (Å²) in [5, 5.41) is 10.2. The van der Waals surface area contributed by atoms with E-state index in [9.17, 15) is 0 Å². The highest BCUT2D eigenvalue weighted by atomic mass is 32.1. The van der Waals surface area contributed by atoms with Crippen LogP contribution in [0.5, 0.6) is 0 Å². The molecule has 0 amide bonds. The molecule has 0 fully saturated rings. The number of benzene rings is 10. The van der Waals surface area contributed by atoms with Gasteiger partial charge in [0.1, 0.15) is 0 Å². The summed E-state index contributed by atoms with van der Waals surface area (Å²) in [6.45, 7) is 0. The first-order valence-corrected chi connectivity index (χ1v) is 26.2. The van der Waals surface area contributed by atoms with Gasteiger partial charge < -0.3 is 4.57 Å². The Morgan fingerprint density at radius 3 is 1.36 bits per heavy atom. The molecule has 0 atom stereocenters. The van der Waals surface area contributed by atoms with Crippen LogP contribution in [-0.4, -0.2) is 27.6 Å². The summed E-state index contributed by atoms with van der Waals surface area (Å²) < 4.78 is 4.87. The average molecular weight is 915 g/mol. The molecule has 10 aromatic carbocycles. The highest BCUT2D eigenvalue weighted by Gasteiger charge is 2.41. The lowest BCUT2D eigenvalue weighted by molar-refractivity contribution is 1.06. The van der Waals surface area contributed by atoms with Crippen molar-refractivity contribution < 1.29 is 0 Å². The number of hydrogen-bond donors (Lipinski definition) is 0. The molecular weight excluding hydrogens is 873 g/mol. The van der Waals surface area contributed by atoms with Crippen molar-refractivity contribution in [3.05, 3.63) is 255 Å². The van der Waals surface area contributed by atoms with Crippen molar-refractivity contribution in [1.82, 2.24) is 19.5 Å². The second-order valence-electron chi connectivity index (χ2n) is 17.4. The van der Waals surface area contributed by atoms with Crippen LogP contribution >= 0.6 is 11.3 Å². The number of thiophene rings is 1. The SMILES string of the molecule is c1ccc([Si](c2ccccc2)(c2ccccc2)c2ccc(-c3nc(-c4ccccc4-c4cccc5c4sc4ccccc45)nc(-c4ccccc4-n4c5ccccc5c5ccccc54)n3)cc2)cc1. The van der Waals surface area contributed by atoms with Crippen molar-refractivity contribution in [2.24, 2.45) is 0 Å². The predicted molar refractivity (Wildman–Crippen MR) is 292 cm³/mol. The highest BCUT2D eigenvalue weighted by Crippen LogP contribution is 2.43. The van der Waals surface area contributed by atoms with E-state index in [1.54, 1.807) is 0 Å². The molecule has 324 valence electrons. The maximum Gasteiger partial charge on any atom is 0.179 e. The minimum atomic E-state index is -2.77. The molecule has 0 aliphatic rings. The maximum absolute atomic E-state index is 5.49. The van der Waals surface area contributed by atoms with E-state index in [1.807, 2.05) is 11.3 Å². The van der Waals surface area contributed by atoms with Gasteiger partial charge in [-0.15, -0.1) is 11.3 Å². The number of aromatic nitrogens is 4. The molecule has 13 aromatic rings. The zero-order valence-corrected chi connectivity index (χ0v) is 39.3. The van der Waals surface area contributed by atoms with Gasteiger partial charge in [0.2, 0.25) is 0 Å². The van der Waals surface area contributed by atoms with Crippen LogP contribution in [0.25, 0.3) is 93.0 Å². The van der Waals surface area contributed by atoms with Crippen LogP contribution in [0.2, 0.25) is 0 Å². The lowest BCUT2D eigenvalue weighted by atomic mass is 9.97. The van der Waals surface area contributed by atoms with Crippen molar-refractivity contribution in [1.29, 1.82) is 0 Å². The summed E-state index contributed by atoms with van der Waals surface area (Å²) in [5.74, 6) is 1.83. The molecular formula is C63H42N4SSi. The van der Waals surface area contributed by atoms with Crippen molar-refractivity contribution >= 4 is 82.1 Å². The average Bonchev–Trinajstić information content (AvgIpc) is 3.98. The van der Waals surface area contributed by atoms with Gasteiger partial charge in [-0.25, -0.2) is 15.0 Å². The standard InChI is InChI=1S/C63H42N4SSi/c1-4-21-44(22-5-1)69(45-23-6-2-7-24-45,46-25-8-3-9-26-46)47-41-39-43(40-42-47)61-64-62(54-31-11-10-27-48(54)52-33-20-34-53-51-30-15-19-38-59(51)68-60(52)53)66-63(65-61)55-32-14-18-37-58(55)67-56-35-16-12-28-49(56)50-29-13-17-36-57(50)67/h1-42H. The molecule has 3 heterocycles. The minimum Gasteiger partial charge on any atom is -0.309 e. The van der Waals surface area contributed by atoms with Gasteiger partial charge in [-0.2, -0.15) is 0 Å². The molecule has 13 rings (SSSR count). The third-order valence-corrected chi connectivity index (χ3v) is 19.7. The zero-order valence-electron chi connectivity index (χ0n) is 37.4. The van der Waals surface area contributed by atoms with Gasteiger partial charge in [0, 0.05) is 53.2 Å². The quantitative estimate of drug-likeness (QED) is 0.107. The number of para-hydroxylation sites is 3. The van der Waals surface area contributed by atoms with E-state index >= 15 is 0 Å². The van der Waals surface area contributed by atoms with E-state index in [2.05, 4.69) is 259 Å². The molecule has 0 radical (unpaired) electrons. The van der Waals surface area contributed by atoms with Crippen LogP contribution in [0.15, 0.2) is 255 Å². The van der Waals surface area contributed by atoms with E-state index in [0.29, 0.717) is 17.5 Å². The van der Waals surface area contributed by atoms with Crippen LogP contribution in [0.3, 0.4) is 0 Å². The topological polar surface area (TPSA) is 43.6 Å². The number of rotatable bonds is 9. The van der Waals surface area contributed by atoms with Gasteiger partial charge in [-0.1, -0.05) is 224 Å². The lowest BCUT2D eigenvalue weighted by Gasteiger charge is -2.34. The third kappa shape index (κ3) is 6.75. The van der Waals surface area contributed by atoms with Crippen molar-refractivity contribution in [2.45, 2.75) is 0 Å². The summed E-state index contributed by atoms with van der Waals surface area (Å²) >= 11 is 1.83. The zero-order chi connectivity index (χ0) is 45.7. The fraction of sp³-hybridized carbons (Fsp3) is 0. The Kier molecular flexibility index (Phi) is 10.00. The van der Waals surface area contributed by atoms with Crippen LogP contribution in [0.4, 0.5) is 0 Å². The molecule has 0 aliphatic heterocycles. The smallest absolute Gasteiger partial charge is 0.179 e. The fourth-order valence-corrected chi connectivity index (χ4v) is 16.6.